The molecule has 21 heavy (non-hydrogen) atoms. The topological polar surface area (TPSA) is 67.4 Å². The molecule has 0 bridgehead atoms. The molecule has 2 rings (SSSR count). The molecule has 0 saturated carbocycles. The van der Waals surface area contributed by atoms with Crippen molar-refractivity contribution in [3.05, 3.63) is 23.8 Å². The van der Waals surface area contributed by atoms with Gasteiger partial charge in [0.2, 0.25) is 10.0 Å². The van der Waals surface area contributed by atoms with Crippen molar-refractivity contribution < 1.29 is 13.2 Å². The molecule has 2 N–H and O–H groups in total. The van der Waals surface area contributed by atoms with Crippen molar-refractivity contribution in [3.63, 3.8) is 0 Å². The van der Waals surface area contributed by atoms with Crippen molar-refractivity contribution in [1.29, 1.82) is 0 Å². The van der Waals surface area contributed by atoms with E-state index >= 15 is 0 Å². The Morgan fingerprint density at radius 2 is 2.24 bits per heavy atom. The van der Waals surface area contributed by atoms with Gasteiger partial charge in [-0.15, -0.1) is 0 Å². The first-order valence-corrected chi connectivity index (χ1v) is 9.62. The van der Waals surface area contributed by atoms with E-state index < -0.39 is 10.0 Å². The van der Waals surface area contributed by atoms with E-state index in [-0.39, 0.29) is 6.04 Å². The molecular formula is C14H22N2O3S2. The number of nitrogens with one attached hydrogen (secondary N) is 2. The smallest absolute Gasteiger partial charge is 0.241 e. The maximum atomic E-state index is 12.6. The van der Waals surface area contributed by atoms with Crippen LogP contribution in [0.5, 0.6) is 5.75 Å². The van der Waals surface area contributed by atoms with E-state index in [9.17, 15) is 8.42 Å². The van der Waals surface area contributed by atoms with Gasteiger partial charge in [-0.1, -0.05) is 0 Å². The molecule has 1 aliphatic heterocycles. The Labute approximate surface area is 130 Å². The maximum absolute atomic E-state index is 12.6. The first kappa shape index (κ1) is 16.6. The highest BCUT2D eigenvalue weighted by molar-refractivity contribution is 7.99. The summed E-state index contributed by atoms with van der Waals surface area (Å²) in [4.78, 5) is 0.357. The van der Waals surface area contributed by atoms with Gasteiger partial charge in [0.1, 0.15) is 5.75 Å². The number of methoxy groups -OCH3 is 1. The summed E-state index contributed by atoms with van der Waals surface area (Å²) >= 11 is 1.79. The summed E-state index contributed by atoms with van der Waals surface area (Å²) in [6.07, 6.45) is 1.54. The van der Waals surface area contributed by atoms with Crippen LogP contribution in [0.1, 0.15) is 12.0 Å². The molecule has 5 nitrogen and oxygen atoms in total. The van der Waals surface area contributed by atoms with Gasteiger partial charge in [-0.3, -0.25) is 0 Å². The van der Waals surface area contributed by atoms with Gasteiger partial charge in [-0.2, -0.15) is 11.8 Å². The quantitative estimate of drug-likeness (QED) is 0.787. The van der Waals surface area contributed by atoms with Crippen LogP contribution >= 0.6 is 11.8 Å². The summed E-state index contributed by atoms with van der Waals surface area (Å²) in [5.74, 6) is 2.54. The van der Waals surface area contributed by atoms with Crippen molar-refractivity contribution in [3.8, 4) is 5.75 Å². The minimum atomic E-state index is -3.48. The van der Waals surface area contributed by atoms with E-state index in [2.05, 4.69) is 10.0 Å². The molecule has 0 aromatic heterocycles. The van der Waals surface area contributed by atoms with Gasteiger partial charge < -0.3 is 10.1 Å². The van der Waals surface area contributed by atoms with Gasteiger partial charge in [0, 0.05) is 11.8 Å². The predicted molar refractivity (Wildman–Crippen MR) is 86.7 cm³/mol. The molecule has 1 aromatic rings. The fourth-order valence-electron chi connectivity index (χ4n) is 2.31. The van der Waals surface area contributed by atoms with Crippen LogP contribution < -0.4 is 14.8 Å². The minimum Gasteiger partial charge on any atom is -0.497 e. The highest BCUT2D eigenvalue weighted by Crippen LogP contribution is 2.24. The molecule has 1 atom stereocenters. The molecule has 1 unspecified atom stereocenters. The highest BCUT2D eigenvalue weighted by atomic mass is 32.2. The van der Waals surface area contributed by atoms with E-state index in [0.717, 1.165) is 30.0 Å². The monoisotopic (exact) mass is 330 g/mol. The average molecular weight is 330 g/mol. The van der Waals surface area contributed by atoms with Crippen LogP contribution in [0, 0.1) is 0 Å². The van der Waals surface area contributed by atoms with Gasteiger partial charge in [0.05, 0.1) is 12.0 Å². The van der Waals surface area contributed by atoms with Crippen molar-refractivity contribution >= 4 is 21.8 Å². The molecule has 1 aliphatic rings. The Balaban J connectivity index is 2.26. The van der Waals surface area contributed by atoms with Crippen molar-refractivity contribution in [1.82, 2.24) is 10.0 Å². The second-order valence-corrected chi connectivity index (χ2v) is 7.84. The number of benzene rings is 1. The largest absolute Gasteiger partial charge is 0.497 e. The number of rotatable bonds is 7. The number of thioether (sulfide) groups is 1. The maximum Gasteiger partial charge on any atom is 0.241 e. The van der Waals surface area contributed by atoms with E-state index in [1.807, 2.05) is 7.05 Å². The summed E-state index contributed by atoms with van der Waals surface area (Å²) in [5.41, 5.74) is 0.779. The van der Waals surface area contributed by atoms with Crippen LogP contribution in [0.4, 0.5) is 0 Å². The van der Waals surface area contributed by atoms with E-state index in [0.29, 0.717) is 17.1 Å². The van der Waals surface area contributed by atoms with E-state index in [4.69, 9.17) is 4.74 Å². The zero-order chi connectivity index (χ0) is 15.3. The lowest BCUT2D eigenvalue weighted by atomic mass is 10.1. The van der Waals surface area contributed by atoms with Gasteiger partial charge >= 0.3 is 0 Å². The number of ether oxygens (including phenoxy) is 1. The molecular weight excluding hydrogens is 308 g/mol. The van der Waals surface area contributed by atoms with Crippen LogP contribution in [-0.2, 0) is 16.4 Å². The summed E-state index contributed by atoms with van der Waals surface area (Å²) in [7, 11) is -0.0442. The van der Waals surface area contributed by atoms with E-state index in [1.54, 1.807) is 37.1 Å². The van der Waals surface area contributed by atoms with Crippen molar-refractivity contribution in [2.45, 2.75) is 23.8 Å². The third kappa shape index (κ3) is 4.35. The van der Waals surface area contributed by atoms with Crippen LogP contribution in [0.2, 0.25) is 0 Å². The molecule has 0 radical (unpaired) electrons. The first-order chi connectivity index (χ1) is 10.1. The molecule has 1 heterocycles. The number of likely N-dealkylation sites (N-methyl/N-ethyl adjacent to an activating group) is 1. The third-order valence-corrected chi connectivity index (χ3v) is 6.24. The zero-order valence-electron chi connectivity index (χ0n) is 12.4. The molecule has 1 saturated heterocycles. The Bertz CT molecular complexity index is 570. The molecule has 1 fully saturated rings. The standard InChI is InChI=1S/C14H22N2O3S2/c1-15-7-5-11-9-13(19-2)3-4-14(11)21(17,18)16-12-6-8-20-10-12/h3-4,9,12,15-16H,5-8,10H2,1-2H3. The average Bonchev–Trinajstić information content (AvgIpc) is 2.96. The Morgan fingerprint density at radius 3 is 2.86 bits per heavy atom. The van der Waals surface area contributed by atoms with Crippen LogP contribution in [0.3, 0.4) is 0 Å². The molecule has 1 aromatic carbocycles. The van der Waals surface area contributed by atoms with Crippen LogP contribution in [0.25, 0.3) is 0 Å². The summed E-state index contributed by atoms with van der Waals surface area (Å²) in [6, 6.07) is 5.17. The lowest BCUT2D eigenvalue weighted by molar-refractivity contribution is 0.413. The summed E-state index contributed by atoms with van der Waals surface area (Å²) in [6.45, 7) is 0.717. The molecule has 0 aliphatic carbocycles. The Morgan fingerprint density at radius 1 is 1.43 bits per heavy atom. The molecule has 0 spiro atoms. The highest BCUT2D eigenvalue weighted by Gasteiger charge is 2.25. The first-order valence-electron chi connectivity index (χ1n) is 6.98. The zero-order valence-corrected chi connectivity index (χ0v) is 14.0. The fraction of sp³-hybridized carbons (Fsp3) is 0.571. The van der Waals surface area contributed by atoms with Crippen molar-refractivity contribution in [2.24, 2.45) is 0 Å². The number of hydrogen-bond acceptors (Lipinski definition) is 5. The number of hydrogen-bond donors (Lipinski definition) is 2. The molecule has 0 amide bonds. The lowest BCUT2D eigenvalue weighted by Gasteiger charge is -2.16. The number of sulfonamides is 1. The SMILES string of the molecule is CNCCc1cc(OC)ccc1S(=O)(=O)NC1CCSC1. The van der Waals surface area contributed by atoms with Gasteiger partial charge in [-0.25, -0.2) is 13.1 Å². The van der Waals surface area contributed by atoms with Crippen molar-refractivity contribution in [2.75, 3.05) is 32.2 Å². The second kappa shape index (κ2) is 7.49. The second-order valence-electron chi connectivity index (χ2n) is 5.01. The summed E-state index contributed by atoms with van der Waals surface area (Å²) in [5, 5.41) is 3.05. The Hall–Kier alpha value is -0.760. The minimum absolute atomic E-state index is 0.0410. The van der Waals surface area contributed by atoms with Gasteiger partial charge in [0.15, 0.2) is 0 Å². The third-order valence-electron chi connectivity index (χ3n) is 3.45. The molecule has 7 heteroatoms. The molecule has 118 valence electrons. The lowest BCUT2D eigenvalue weighted by Crippen LogP contribution is -2.35. The normalized spacial score (nSPS) is 18.9. The summed E-state index contributed by atoms with van der Waals surface area (Å²) < 4.78 is 33.2. The van der Waals surface area contributed by atoms with Gasteiger partial charge in [0.25, 0.3) is 0 Å². The van der Waals surface area contributed by atoms with Crippen LogP contribution in [0.15, 0.2) is 23.1 Å². The predicted octanol–water partition coefficient (Wildman–Crippen LogP) is 1.24. The fourth-order valence-corrected chi connectivity index (χ4v) is 5.09. The van der Waals surface area contributed by atoms with E-state index in [1.165, 1.54) is 0 Å². The van der Waals surface area contributed by atoms with Crippen LogP contribution in [-0.4, -0.2) is 46.7 Å². The Kier molecular flexibility index (Phi) is 5.92. The van der Waals surface area contributed by atoms with Gasteiger partial charge in [-0.05, 0) is 55.9 Å².